The molecular weight excluding hydrogens is 328 g/mol. The normalized spacial score (nSPS) is 10.8. The lowest BCUT2D eigenvalue weighted by Gasteiger charge is -2.11. The van der Waals surface area contributed by atoms with Crippen LogP contribution in [0.1, 0.15) is 23.6 Å². The summed E-state index contributed by atoms with van der Waals surface area (Å²) < 4.78 is 0. The van der Waals surface area contributed by atoms with Gasteiger partial charge in [-0.3, -0.25) is 4.79 Å². The predicted octanol–water partition coefficient (Wildman–Crippen LogP) is 5.14. The molecule has 0 aliphatic heterocycles. The summed E-state index contributed by atoms with van der Waals surface area (Å²) in [5.74, 6) is 0.347. The van der Waals surface area contributed by atoms with Crippen molar-refractivity contribution in [3.8, 4) is 0 Å². The lowest BCUT2D eigenvalue weighted by molar-refractivity contribution is -0.113. The Morgan fingerprint density at radius 1 is 1.12 bits per heavy atom. The van der Waals surface area contributed by atoms with E-state index < -0.39 is 0 Å². The van der Waals surface area contributed by atoms with Gasteiger partial charge in [-0.05, 0) is 49.6 Å². The van der Waals surface area contributed by atoms with Gasteiger partial charge >= 0.3 is 0 Å². The summed E-state index contributed by atoms with van der Waals surface area (Å²) in [4.78, 5) is 17.1. The number of amides is 1. The SMILES string of the molecule is CCc1cc2ccccc2nc1SCC(=O)Nc1ccc(C)cc1C. The van der Waals surface area contributed by atoms with Crippen LogP contribution in [0, 0.1) is 13.8 Å². The molecule has 0 unspecified atom stereocenters. The third-order valence-electron chi connectivity index (χ3n) is 4.14. The van der Waals surface area contributed by atoms with Crippen molar-refractivity contribution in [1.29, 1.82) is 0 Å². The molecule has 0 saturated heterocycles. The van der Waals surface area contributed by atoms with Gasteiger partial charge in [-0.2, -0.15) is 0 Å². The van der Waals surface area contributed by atoms with E-state index in [2.05, 4.69) is 30.4 Å². The first-order valence-electron chi connectivity index (χ1n) is 8.45. The van der Waals surface area contributed by atoms with E-state index in [0.29, 0.717) is 5.75 Å². The highest BCUT2D eigenvalue weighted by atomic mass is 32.2. The van der Waals surface area contributed by atoms with Crippen LogP contribution >= 0.6 is 11.8 Å². The van der Waals surface area contributed by atoms with Crippen LogP contribution in [0.15, 0.2) is 53.6 Å². The minimum atomic E-state index is -0.00559. The number of anilines is 1. The number of aromatic nitrogens is 1. The molecule has 0 bridgehead atoms. The highest BCUT2D eigenvalue weighted by molar-refractivity contribution is 8.00. The summed E-state index contributed by atoms with van der Waals surface area (Å²) in [6.45, 7) is 6.17. The summed E-state index contributed by atoms with van der Waals surface area (Å²) in [6, 6.07) is 16.3. The van der Waals surface area contributed by atoms with Crippen molar-refractivity contribution in [3.63, 3.8) is 0 Å². The van der Waals surface area contributed by atoms with Gasteiger partial charge in [0.05, 0.1) is 11.3 Å². The number of benzene rings is 2. The smallest absolute Gasteiger partial charge is 0.234 e. The zero-order valence-electron chi connectivity index (χ0n) is 14.8. The molecule has 0 atom stereocenters. The van der Waals surface area contributed by atoms with Crippen LogP contribution in [0.4, 0.5) is 5.69 Å². The summed E-state index contributed by atoms with van der Waals surface area (Å²) in [5, 5.41) is 5.08. The topological polar surface area (TPSA) is 42.0 Å². The van der Waals surface area contributed by atoms with Crippen LogP contribution in [-0.4, -0.2) is 16.6 Å². The quantitative estimate of drug-likeness (QED) is 0.648. The molecule has 3 nitrogen and oxygen atoms in total. The second kappa shape index (κ2) is 7.70. The van der Waals surface area contributed by atoms with Gasteiger partial charge in [-0.1, -0.05) is 54.6 Å². The average molecular weight is 350 g/mol. The van der Waals surface area contributed by atoms with Gasteiger partial charge in [0, 0.05) is 11.1 Å². The maximum absolute atomic E-state index is 12.3. The van der Waals surface area contributed by atoms with E-state index in [9.17, 15) is 4.79 Å². The van der Waals surface area contributed by atoms with Crippen molar-refractivity contribution in [2.24, 2.45) is 0 Å². The Bertz CT molecular complexity index is 921. The highest BCUT2D eigenvalue weighted by Crippen LogP contribution is 2.26. The molecule has 0 aliphatic carbocycles. The summed E-state index contributed by atoms with van der Waals surface area (Å²) >= 11 is 1.50. The molecule has 1 aromatic heterocycles. The Balaban J connectivity index is 1.72. The molecule has 1 amide bonds. The molecule has 25 heavy (non-hydrogen) atoms. The van der Waals surface area contributed by atoms with Crippen molar-refractivity contribution >= 4 is 34.3 Å². The second-order valence-corrected chi connectivity index (χ2v) is 7.12. The number of carbonyl (C=O) groups excluding carboxylic acids is 1. The van der Waals surface area contributed by atoms with Crippen LogP contribution in [-0.2, 0) is 11.2 Å². The number of pyridine rings is 1. The van der Waals surface area contributed by atoms with Gasteiger partial charge in [0.1, 0.15) is 5.03 Å². The number of nitrogens with zero attached hydrogens (tertiary/aromatic N) is 1. The largest absolute Gasteiger partial charge is 0.325 e. The average Bonchev–Trinajstić information content (AvgIpc) is 2.61. The van der Waals surface area contributed by atoms with Crippen molar-refractivity contribution in [2.45, 2.75) is 32.2 Å². The number of hydrogen-bond donors (Lipinski definition) is 1. The Morgan fingerprint density at radius 3 is 2.68 bits per heavy atom. The first kappa shape index (κ1) is 17.5. The van der Waals surface area contributed by atoms with E-state index in [1.165, 1.54) is 22.9 Å². The van der Waals surface area contributed by atoms with Gasteiger partial charge in [-0.15, -0.1) is 0 Å². The molecule has 1 heterocycles. The van der Waals surface area contributed by atoms with Gasteiger partial charge < -0.3 is 5.32 Å². The zero-order valence-corrected chi connectivity index (χ0v) is 15.6. The van der Waals surface area contributed by atoms with Crippen molar-refractivity contribution in [3.05, 3.63) is 65.2 Å². The summed E-state index contributed by atoms with van der Waals surface area (Å²) in [6.07, 6.45) is 0.902. The predicted molar refractivity (Wildman–Crippen MR) is 106 cm³/mol. The van der Waals surface area contributed by atoms with Crippen molar-refractivity contribution in [2.75, 3.05) is 11.1 Å². The first-order chi connectivity index (χ1) is 12.1. The molecule has 128 valence electrons. The second-order valence-electron chi connectivity index (χ2n) is 6.15. The standard InChI is InChI=1S/C21H22N2OS/c1-4-16-12-17-7-5-6-8-19(17)23-21(16)25-13-20(24)22-18-10-9-14(2)11-15(18)3/h5-12H,4,13H2,1-3H3,(H,22,24). The first-order valence-corrected chi connectivity index (χ1v) is 9.44. The van der Waals surface area contributed by atoms with Gasteiger partial charge in [-0.25, -0.2) is 4.98 Å². The number of thioether (sulfide) groups is 1. The molecule has 0 spiro atoms. The maximum atomic E-state index is 12.3. The monoisotopic (exact) mass is 350 g/mol. The van der Waals surface area contributed by atoms with E-state index in [-0.39, 0.29) is 5.91 Å². The molecule has 0 fully saturated rings. The van der Waals surface area contributed by atoms with E-state index in [1.807, 2.05) is 44.2 Å². The number of nitrogens with one attached hydrogen (secondary N) is 1. The number of fused-ring (bicyclic) bond motifs is 1. The minimum absolute atomic E-state index is 0.00559. The Morgan fingerprint density at radius 2 is 1.92 bits per heavy atom. The van der Waals surface area contributed by atoms with E-state index in [1.54, 1.807) is 0 Å². The molecular formula is C21H22N2OS. The molecule has 0 saturated carbocycles. The van der Waals surface area contributed by atoms with Crippen LogP contribution < -0.4 is 5.32 Å². The lowest BCUT2D eigenvalue weighted by atomic mass is 10.1. The van der Waals surface area contributed by atoms with Gasteiger partial charge in [0.15, 0.2) is 0 Å². The number of hydrogen-bond acceptors (Lipinski definition) is 3. The van der Waals surface area contributed by atoms with E-state index in [0.717, 1.165) is 33.6 Å². The minimum Gasteiger partial charge on any atom is -0.325 e. The van der Waals surface area contributed by atoms with Gasteiger partial charge in [0.2, 0.25) is 5.91 Å². The molecule has 2 aromatic carbocycles. The molecule has 4 heteroatoms. The maximum Gasteiger partial charge on any atom is 0.234 e. The Hall–Kier alpha value is -2.33. The number of aryl methyl sites for hydroxylation is 3. The van der Waals surface area contributed by atoms with Crippen LogP contribution in [0.3, 0.4) is 0 Å². The highest BCUT2D eigenvalue weighted by Gasteiger charge is 2.10. The zero-order chi connectivity index (χ0) is 17.8. The van der Waals surface area contributed by atoms with Crippen molar-refractivity contribution < 1.29 is 4.79 Å². The Kier molecular flexibility index (Phi) is 5.39. The number of carbonyl (C=O) groups is 1. The van der Waals surface area contributed by atoms with Crippen LogP contribution in [0.2, 0.25) is 0 Å². The number of para-hydroxylation sites is 1. The molecule has 3 aromatic rings. The van der Waals surface area contributed by atoms with Gasteiger partial charge in [0.25, 0.3) is 0 Å². The van der Waals surface area contributed by atoms with Crippen LogP contribution in [0.5, 0.6) is 0 Å². The molecule has 3 rings (SSSR count). The third-order valence-corrected chi connectivity index (χ3v) is 5.17. The fourth-order valence-corrected chi connectivity index (χ4v) is 3.69. The molecule has 0 aliphatic rings. The summed E-state index contributed by atoms with van der Waals surface area (Å²) in [5.41, 5.74) is 5.30. The van der Waals surface area contributed by atoms with E-state index >= 15 is 0 Å². The van der Waals surface area contributed by atoms with Crippen LogP contribution in [0.25, 0.3) is 10.9 Å². The molecule has 0 radical (unpaired) electrons. The number of rotatable bonds is 5. The fourth-order valence-electron chi connectivity index (χ4n) is 2.79. The third kappa shape index (κ3) is 4.20. The molecule has 1 N–H and O–H groups in total. The Labute approximate surface area is 152 Å². The lowest BCUT2D eigenvalue weighted by Crippen LogP contribution is -2.15. The van der Waals surface area contributed by atoms with Crippen molar-refractivity contribution in [1.82, 2.24) is 4.98 Å². The van der Waals surface area contributed by atoms with E-state index in [4.69, 9.17) is 4.98 Å². The fraction of sp³-hybridized carbons (Fsp3) is 0.238. The summed E-state index contributed by atoms with van der Waals surface area (Å²) in [7, 11) is 0.